The van der Waals surface area contributed by atoms with Crippen LogP contribution in [0.5, 0.6) is 0 Å². The standard InChI is InChI=1S/C20H13ClN2OS/c21-14-7-9-15(10-8-14)23-19(12-11-16-4-3-13-25-16)22-18-6-2-1-5-17(18)20(23)24/h1-13H. The van der Waals surface area contributed by atoms with Crippen molar-refractivity contribution in [2.75, 3.05) is 0 Å². The molecule has 0 N–H and O–H groups in total. The van der Waals surface area contributed by atoms with Crippen LogP contribution in [-0.4, -0.2) is 9.55 Å². The van der Waals surface area contributed by atoms with Crippen molar-refractivity contribution in [3.63, 3.8) is 0 Å². The molecule has 2 heterocycles. The lowest BCUT2D eigenvalue weighted by atomic mass is 10.2. The third kappa shape index (κ3) is 3.14. The van der Waals surface area contributed by atoms with Crippen LogP contribution >= 0.6 is 22.9 Å². The third-order valence-corrected chi connectivity index (χ3v) is 4.92. The van der Waals surface area contributed by atoms with Crippen LogP contribution in [0.3, 0.4) is 0 Å². The number of halogens is 1. The van der Waals surface area contributed by atoms with Gasteiger partial charge in [0, 0.05) is 9.90 Å². The van der Waals surface area contributed by atoms with E-state index >= 15 is 0 Å². The summed E-state index contributed by atoms with van der Waals surface area (Å²) in [7, 11) is 0. The van der Waals surface area contributed by atoms with E-state index in [-0.39, 0.29) is 5.56 Å². The number of thiophene rings is 1. The summed E-state index contributed by atoms with van der Waals surface area (Å²) in [5, 5.41) is 3.23. The highest BCUT2D eigenvalue weighted by Gasteiger charge is 2.10. The van der Waals surface area contributed by atoms with Crippen molar-refractivity contribution in [3.8, 4) is 5.69 Å². The van der Waals surface area contributed by atoms with Gasteiger partial charge in [0.25, 0.3) is 5.56 Å². The largest absolute Gasteiger partial charge is 0.268 e. The van der Waals surface area contributed by atoms with Gasteiger partial charge in [0.1, 0.15) is 5.82 Å². The molecule has 2 aromatic carbocycles. The van der Waals surface area contributed by atoms with Crippen molar-refractivity contribution in [1.82, 2.24) is 9.55 Å². The minimum absolute atomic E-state index is 0.0984. The minimum atomic E-state index is -0.0984. The van der Waals surface area contributed by atoms with Crippen LogP contribution in [-0.2, 0) is 0 Å². The fourth-order valence-electron chi connectivity index (χ4n) is 2.64. The van der Waals surface area contributed by atoms with Gasteiger partial charge in [-0.1, -0.05) is 29.8 Å². The summed E-state index contributed by atoms with van der Waals surface area (Å²) >= 11 is 7.62. The Labute approximate surface area is 153 Å². The van der Waals surface area contributed by atoms with E-state index in [0.717, 1.165) is 10.6 Å². The number of aromatic nitrogens is 2. The van der Waals surface area contributed by atoms with E-state index in [1.54, 1.807) is 34.1 Å². The van der Waals surface area contributed by atoms with Crippen LogP contribution < -0.4 is 5.56 Å². The maximum Gasteiger partial charge on any atom is 0.266 e. The highest BCUT2D eigenvalue weighted by molar-refractivity contribution is 7.10. The van der Waals surface area contributed by atoms with Gasteiger partial charge in [-0.3, -0.25) is 9.36 Å². The van der Waals surface area contributed by atoms with E-state index < -0.39 is 0 Å². The molecule has 0 saturated carbocycles. The molecule has 2 aromatic heterocycles. The summed E-state index contributed by atoms with van der Waals surface area (Å²) in [5.41, 5.74) is 1.32. The first-order valence-electron chi connectivity index (χ1n) is 7.72. The van der Waals surface area contributed by atoms with Gasteiger partial charge >= 0.3 is 0 Å². The highest BCUT2D eigenvalue weighted by Crippen LogP contribution is 2.18. The maximum atomic E-state index is 13.1. The molecule has 0 fully saturated rings. The van der Waals surface area contributed by atoms with Gasteiger partial charge in [-0.15, -0.1) is 11.3 Å². The Bertz CT molecular complexity index is 1110. The van der Waals surface area contributed by atoms with Gasteiger partial charge in [0.15, 0.2) is 0 Å². The van der Waals surface area contributed by atoms with Crippen LogP contribution in [0.4, 0.5) is 0 Å². The number of para-hydroxylation sites is 1. The van der Waals surface area contributed by atoms with Crippen molar-refractivity contribution >= 4 is 46.0 Å². The van der Waals surface area contributed by atoms with Gasteiger partial charge in [-0.25, -0.2) is 4.98 Å². The second-order valence-electron chi connectivity index (χ2n) is 5.45. The molecule has 0 aliphatic heterocycles. The Kier molecular flexibility index (Phi) is 4.22. The molecule has 4 aromatic rings. The second kappa shape index (κ2) is 6.67. The number of nitrogens with zero attached hydrogens (tertiary/aromatic N) is 2. The molecule has 122 valence electrons. The summed E-state index contributed by atoms with van der Waals surface area (Å²) in [4.78, 5) is 18.8. The lowest BCUT2D eigenvalue weighted by Gasteiger charge is -2.11. The van der Waals surface area contributed by atoms with E-state index in [0.29, 0.717) is 21.7 Å². The predicted octanol–water partition coefficient (Wildman–Crippen LogP) is 5.27. The molecule has 0 radical (unpaired) electrons. The molecule has 0 saturated heterocycles. The van der Waals surface area contributed by atoms with Crippen LogP contribution in [0.15, 0.2) is 70.8 Å². The van der Waals surface area contributed by atoms with Gasteiger partial charge in [0.05, 0.1) is 16.6 Å². The smallest absolute Gasteiger partial charge is 0.266 e. The van der Waals surface area contributed by atoms with Crippen molar-refractivity contribution in [2.24, 2.45) is 0 Å². The number of benzene rings is 2. The van der Waals surface area contributed by atoms with Crippen LogP contribution in [0.2, 0.25) is 5.02 Å². The van der Waals surface area contributed by atoms with Gasteiger partial charge in [0.2, 0.25) is 0 Å². The molecule has 0 amide bonds. The average Bonchev–Trinajstić information content (AvgIpc) is 3.15. The Morgan fingerprint density at radius 2 is 1.76 bits per heavy atom. The normalized spacial score (nSPS) is 11.4. The van der Waals surface area contributed by atoms with Crippen LogP contribution in [0.25, 0.3) is 28.7 Å². The number of fused-ring (bicyclic) bond motifs is 1. The fourth-order valence-corrected chi connectivity index (χ4v) is 3.39. The van der Waals surface area contributed by atoms with E-state index in [4.69, 9.17) is 11.6 Å². The zero-order chi connectivity index (χ0) is 17.2. The van der Waals surface area contributed by atoms with Crippen molar-refractivity contribution in [3.05, 3.63) is 92.1 Å². The zero-order valence-corrected chi connectivity index (χ0v) is 14.7. The summed E-state index contributed by atoms with van der Waals surface area (Å²) < 4.78 is 1.61. The first-order chi connectivity index (χ1) is 12.2. The van der Waals surface area contributed by atoms with Crippen molar-refractivity contribution in [2.45, 2.75) is 0 Å². The Morgan fingerprint density at radius 1 is 0.960 bits per heavy atom. The maximum absolute atomic E-state index is 13.1. The quantitative estimate of drug-likeness (QED) is 0.496. The van der Waals surface area contributed by atoms with Gasteiger partial charge in [-0.05, 0) is 60.0 Å². The van der Waals surface area contributed by atoms with Gasteiger partial charge in [-0.2, -0.15) is 0 Å². The monoisotopic (exact) mass is 364 g/mol. The molecular weight excluding hydrogens is 352 g/mol. The molecule has 0 bridgehead atoms. The molecule has 4 rings (SSSR count). The molecule has 0 aliphatic rings. The molecule has 3 nitrogen and oxygen atoms in total. The van der Waals surface area contributed by atoms with Crippen LogP contribution in [0.1, 0.15) is 10.7 Å². The number of hydrogen-bond donors (Lipinski definition) is 0. The van der Waals surface area contributed by atoms with Crippen molar-refractivity contribution in [1.29, 1.82) is 0 Å². The average molecular weight is 365 g/mol. The first kappa shape index (κ1) is 15.8. The van der Waals surface area contributed by atoms with E-state index in [2.05, 4.69) is 4.98 Å². The van der Waals surface area contributed by atoms with Crippen molar-refractivity contribution < 1.29 is 0 Å². The van der Waals surface area contributed by atoms with E-state index in [1.807, 2.05) is 60.0 Å². The lowest BCUT2D eigenvalue weighted by molar-refractivity contribution is 0.944. The minimum Gasteiger partial charge on any atom is -0.268 e. The number of rotatable bonds is 3. The lowest BCUT2D eigenvalue weighted by Crippen LogP contribution is -2.22. The van der Waals surface area contributed by atoms with E-state index in [9.17, 15) is 4.79 Å². The Balaban J connectivity index is 1.97. The molecule has 0 aliphatic carbocycles. The summed E-state index contributed by atoms with van der Waals surface area (Å²) in [5.74, 6) is 0.583. The topological polar surface area (TPSA) is 34.9 Å². The molecule has 0 unspecified atom stereocenters. The fraction of sp³-hybridized carbons (Fsp3) is 0. The SMILES string of the molecule is O=c1c2ccccc2nc(C=Cc2cccs2)n1-c1ccc(Cl)cc1. The summed E-state index contributed by atoms with van der Waals surface area (Å²) in [6, 6.07) is 18.6. The van der Waals surface area contributed by atoms with Gasteiger partial charge < -0.3 is 0 Å². The summed E-state index contributed by atoms with van der Waals surface area (Å²) in [6.07, 6.45) is 3.84. The molecule has 5 heteroatoms. The van der Waals surface area contributed by atoms with E-state index in [1.165, 1.54) is 0 Å². The Hall–Kier alpha value is -2.69. The van der Waals surface area contributed by atoms with Crippen LogP contribution in [0, 0.1) is 0 Å². The molecule has 25 heavy (non-hydrogen) atoms. The molecule has 0 spiro atoms. The highest BCUT2D eigenvalue weighted by atomic mass is 35.5. The summed E-state index contributed by atoms with van der Waals surface area (Å²) in [6.45, 7) is 0. The second-order valence-corrected chi connectivity index (χ2v) is 6.87. The zero-order valence-electron chi connectivity index (χ0n) is 13.1. The number of hydrogen-bond acceptors (Lipinski definition) is 3. The Morgan fingerprint density at radius 3 is 2.52 bits per heavy atom. The predicted molar refractivity (Wildman–Crippen MR) is 106 cm³/mol. The third-order valence-electron chi connectivity index (χ3n) is 3.83. The first-order valence-corrected chi connectivity index (χ1v) is 8.97. The molecule has 0 atom stereocenters. The molecular formula is C20H13ClN2OS.